The standard InChI is InChI=1S/C21H23NO4/c1-25-21(24)19(22-20(23)16-9-5-10-16)17-11-6-12-18(13-17)26-14-15-7-3-2-4-8-15/h2-4,6-8,11-13,16,19H,5,9-10,14H2,1H3,(H,22,23). The molecule has 3 rings (SSSR count). The van der Waals surface area contributed by atoms with Crippen LogP contribution < -0.4 is 10.1 Å². The average molecular weight is 353 g/mol. The molecule has 0 spiro atoms. The molecule has 26 heavy (non-hydrogen) atoms. The number of nitrogens with one attached hydrogen (secondary N) is 1. The molecule has 136 valence electrons. The van der Waals surface area contributed by atoms with Crippen LogP contribution >= 0.6 is 0 Å². The molecular formula is C21H23NO4. The lowest BCUT2D eigenvalue weighted by atomic mass is 9.84. The van der Waals surface area contributed by atoms with E-state index < -0.39 is 12.0 Å². The Kier molecular flexibility index (Phi) is 5.89. The van der Waals surface area contributed by atoms with E-state index in [9.17, 15) is 9.59 Å². The average Bonchev–Trinajstić information content (AvgIpc) is 2.63. The maximum absolute atomic E-state index is 12.3. The number of methoxy groups -OCH3 is 1. The van der Waals surface area contributed by atoms with Crippen LogP contribution in [-0.2, 0) is 20.9 Å². The number of amides is 1. The summed E-state index contributed by atoms with van der Waals surface area (Å²) in [7, 11) is 1.32. The van der Waals surface area contributed by atoms with Gasteiger partial charge in [0.1, 0.15) is 12.4 Å². The normalized spacial score (nSPS) is 14.8. The Morgan fingerprint density at radius 2 is 1.88 bits per heavy atom. The molecule has 0 saturated heterocycles. The molecule has 1 unspecified atom stereocenters. The minimum absolute atomic E-state index is 0.000306. The van der Waals surface area contributed by atoms with Crippen LogP contribution in [0.15, 0.2) is 54.6 Å². The second-order valence-corrected chi connectivity index (χ2v) is 6.44. The number of ether oxygens (including phenoxy) is 2. The monoisotopic (exact) mass is 353 g/mol. The molecule has 5 nitrogen and oxygen atoms in total. The van der Waals surface area contributed by atoms with E-state index in [4.69, 9.17) is 9.47 Å². The zero-order valence-electron chi connectivity index (χ0n) is 14.8. The SMILES string of the molecule is COC(=O)C(NC(=O)C1CCC1)c1cccc(OCc2ccccc2)c1. The minimum Gasteiger partial charge on any atom is -0.489 e. The van der Waals surface area contributed by atoms with Crippen molar-refractivity contribution in [2.24, 2.45) is 5.92 Å². The third-order valence-electron chi connectivity index (χ3n) is 4.64. The fourth-order valence-electron chi connectivity index (χ4n) is 2.85. The third kappa shape index (κ3) is 4.42. The molecule has 1 atom stereocenters. The highest BCUT2D eigenvalue weighted by molar-refractivity contribution is 5.87. The summed E-state index contributed by atoms with van der Waals surface area (Å²) >= 11 is 0. The molecule has 0 aliphatic heterocycles. The number of carbonyl (C=O) groups excluding carboxylic acids is 2. The Bertz CT molecular complexity index is 756. The summed E-state index contributed by atoms with van der Waals surface area (Å²) < 4.78 is 10.7. The van der Waals surface area contributed by atoms with Crippen molar-refractivity contribution in [1.29, 1.82) is 0 Å². The summed E-state index contributed by atoms with van der Waals surface area (Å²) in [6.45, 7) is 0.432. The Balaban J connectivity index is 1.71. The second kappa shape index (κ2) is 8.52. The molecule has 1 aliphatic rings. The minimum atomic E-state index is -0.826. The van der Waals surface area contributed by atoms with Crippen molar-refractivity contribution < 1.29 is 19.1 Å². The lowest BCUT2D eigenvalue weighted by Gasteiger charge is -2.26. The molecule has 1 saturated carbocycles. The number of hydrogen-bond acceptors (Lipinski definition) is 4. The number of rotatable bonds is 7. The van der Waals surface area contributed by atoms with Crippen LogP contribution in [0.25, 0.3) is 0 Å². The van der Waals surface area contributed by atoms with Crippen molar-refractivity contribution in [1.82, 2.24) is 5.32 Å². The molecular weight excluding hydrogens is 330 g/mol. The van der Waals surface area contributed by atoms with Gasteiger partial charge < -0.3 is 14.8 Å². The Morgan fingerprint density at radius 1 is 1.12 bits per heavy atom. The maximum Gasteiger partial charge on any atom is 0.333 e. The van der Waals surface area contributed by atoms with Gasteiger partial charge in [-0.1, -0.05) is 48.9 Å². The van der Waals surface area contributed by atoms with Gasteiger partial charge in [0, 0.05) is 5.92 Å². The highest BCUT2D eigenvalue weighted by Gasteiger charge is 2.30. The second-order valence-electron chi connectivity index (χ2n) is 6.44. The molecule has 0 heterocycles. The molecule has 0 aromatic heterocycles. The van der Waals surface area contributed by atoms with Crippen LogP contribution in [0, 0.1) is 5.92 Å². The van der Waals surface area contributed by atoms with E-state index in [1.54, 1.807) is 18.2 Å². The van der Waals surface area contributed by atoms with E-state index in [0.717, 1.165) is 24.8 Å². The lowest BCUT2D eigenvalue weighted by molar-refractivity contribution is -0.146. The number of carbonyl (C=O) groups is 2. The first kappa shape index (κ1) is 18.0. The zero-order valence-corrected chi connectivity index (χ0v) is 14.8. The highest BCUT2D eigenvalue weighted by Crippen LogP contribution is 2.28. The predicted molar refractivity (Wildman–Crippen MR) is 97.5 cm³/mol. The Hall–Kier alpha value is -2.82. The van der Waals surface area contributed by atoms with Crippen molar-refractivity contribution in [3.8, 4) is 5.75 Å². The maximum atomic E-state index is 12.3. The fourth-order valence-corrected chi connectivity index (χ4v) is 2.85. The largest absolute Gasteiger partial charge is 0.489 e. The Morgan fingerprint density at radius 3 is 2.54 bits per heavy atom. The summed E-state index contributed by atoms with van der Waals surface area (Å²) in [5, 5.41) is 2.82. The van der Waals surface area contributed by atoms with Gasteiger partial charge in [-0.15, -0.1) is 0 Å². The summed E-state index contributed by atoms with van der Waals surface area (Å²) in [6, 6.07) is 16.2. The molecule has 1 amide bonds. The van der Waals surface area contributed by atoms with E-state index in [1.165, 1.54) is 7.11 Å². The molecule has 1 aliphatic carbocycles. The highest BCUT2D eigenvalue weighted by atomic mass is 16.5. The van der Waals surface area contributed by atoms with Crippen LogP contribution in [0.5, 0.6) is 5.75 Å². The van der Waals surface area contributed by atoms with Crippen molar-refractivity contribution in [2.75, 3.05) is 7.11 Å². The van der Waals surface area contributed by atoms with Gasteiger partial charge in [0.15, 0.2) is 6.04 Å². The number of benzene rings is 2. The first-order valence-corrected chi connectivity index (χ1v) is 8.82. The van der Waals surface area contributed by atoms with Crippen LogP contribution in [0.3, 0.4) is 0 Å². The summed E-state index contributed by atoms with van der Waals surface area (Å²) in [6.07, 6.45) is 2.81. The van der Waals surface area contributed by atoms with E-state index in [0.29, 0.717) is 17.9 Å². The summed E-state index contributed by atoms with van der Waals surface area (Å²) in [5.41, 5.74) is 1.70. The van der Waals surface area contributed by atoms with Crippen LogP contribution in [-0.4, -0.2) is 19.0 Å². The molecule has 1 N–H and O–H groups in total. The molecule has 0 bridgehead atoms. The Labute approximate surface area is 153 Å². The van der Waals surface area contributed by atoms with Crippen LogP contribution in [0.2, 0.25) is 0 Å². The lowest BCUT2D eigenvalue weighted by Crippen LogP contribution is -2.40. The fraction of sp³-hybridized carbons (Fsp3) is 0.333. The van der Waals surface area contributed by atoms with Gasteiger partial charge in [-0.25, -0.2) is 4.79 Å². The summed E-state index contributed by atoms with van der Waals surface area (Å²) in [4.78, 5) is 24.5. The number of hydrogen-bond donors (Lipinski definition) is 1. The topological polar surface area (TPSA) is 64.6 Å². The molecule has 2 aromatic rings. The smallest absolute Gasteiger partial charge is 0.333 e. The molecule has 1 fully saturated rings. The van der Waals surface area contributed by atoms with Crippen molar-refractivity contribution in [3.05, 3.63) is 65.7 Å². The third-order valence-corrected chi connectivity index (χ3v) is 4.64. The quantitative estimate of drug-likeness (QED) is 0.775. The van der Waals surface area contributed by atoms with E-state index in [2.05, 4.69) is 5.32 Å². The molecule has 0 radical (unpaired) electrons. The van der Waals surface area contributed by atoms with E-state index in [-0.39, 0.29) is 11.8 Å². The zero-order chi connectivity index (χ0) is 18.4. The van der Waals surface area contributed by atoms with Gasteiger partial charge in [-0.3, -0.25) is 4.79 Å². The van der Waals surface area contributed by atoms with Gasteiger partial charge in [0.2, 0.25) is 5.91 Å². The van der Waals surface area contributed by atoms with Crippen molar-refractivity contribution in [2.45, 2.75) is 31.9 Å². The van der Waals surface area contributed by atoms with Crippen molar-refractivity contribution in [3.63, 3.8) is 0 Å². The van der Waals surface area contributed by atoms with Crippen LogP contribution in [0.1, 0.15) is 36.4 Å². The van der Waals surface area contributed by atoms with Gasteiger partial charge in [0.05, 0.1) is 7.11 Å². The first-order chi connectivity index (χ1) is 12.7. The van der Waals surface area contributed by atoms with Gasteiger partial charge in [0.25, 0.3) is 0 Å². The molecule has 2 aromatic carbocycles. The van der Waals surface area contributed by atoms with Gasteiger partial charge in [-0.05, 0) is 36.1 Å². The predicted octanol–water partition coefficient (Wildman–Crippen LogP) is 3.40. The first-order valence-electron chi connectivity index (χ1n) is 8.82. The van der Waals surface area contributed by atoms with E-state index >= 15 is 0 Å². The number of esters is 1. The van der Waals surface area contributed by atoms with Gasteiger partial charge in [-0.2, -0.15) is 0 Å². The van der Waals surface area contributed by atoms with Gasteiger partial charge >= 0.3 is 5.97 Å². The van der Waals surface area contributed by atoms with Crippen molar-refractivity contribution >= 4 is 11.9 Å². The van der Waals surface area contributed by atoms with Crippen LogP contribution in [0.4, 0.5) is 0 Å². The van der Waals surface area contributed by atoms with E-state index in [1.807, 2.05) is 36.4 Å². The molecule has 5 heteroatoms. The summed E-state index contributed by atoms with van der Waals surface area (Å²) in [5.74, 6) is 0.0537.